The third-order valence-corrected chi connectivity index (χ3v) is 7.39. The lowest BCUT2D eigenvalue weighted by atomic mass is 9.77. The number of hydrogen-bond acceptors (Lipinski definition) is 9. The van der Waals surface area contributed by atoms with E-state index in [0.717, 1.165) is 34.1 Å². The highest BCUT2D eigenvalue weighted by Gasteiger charge is 2.43. The van der Waals surface area contributed by atoms with Gasteiger partial charge in [-0.15, -0.1) is 0 Å². The number of ether oxygens (including phenoxy) is 3. The summed E-state index contributed by atoms with van der Waals surface area (Å²) in [6, 6.07) is 26.6. The Bertz CT molecular complexity index is 1930. The molecule has 234 valence electrons. The lowest BCUT2D eigenvalue weighted by Crippen LogP contribution is -2.25. The number of fused-ring (bicyclic) bond motifs is 2. The monoisotopic (exact) mass is 642 g/mol. The van der Waals surface area contributed by atoms with Crippen LogP contribution in [0.1, 0.15) is 22.3 Å². The van der Waals surface area contributed by atoms with Crippen molar-refractivity contribution in [3.8, 4) is 34.1 Å². The van der Waals surface area contributed by atoms with Gasteiger partial charge < -0.3 is 29.2 Å². The van der Waals surface area contributed by atoms with E-state index in [1.54, 1.807) is 6.07 Å². The topological polar surface area (TPSA) is 147 Å². The number of rotatable bonds is 6. The minimum Gasteiger partial charge on any atom is -0.497 e. The van der Waals surface area contributed by atoms with Gasteiger partial charge in [0.05, 0.1) is 13.4 Å². The standard InChI is InChI=1S/C29H24N2O6S.C2HF3O2/c1-34-22-13-19(14-23(16-22)37-38(2,32)33)18-6-5-7-20(12-18)29(21-10-11-26-27(15-21)36-17-35-26)25-9-4-3-8-24(25)28(30)31-29;3-2(4,5)1(6)7/h3-16H,17H2,1-2H3,(H2,30,31);(H,6,7). The first-order chi connectivity index (χ1) is 21.2. The largest absolute Gasteiger partial charge is 0.497 e. The van der Waals surface area contributed by atoms with Gasteiger partial charge in [0.2, 0.25) is 6.79 Å². The Morgan fingerprint density at radius 2 is 1.58 bits per heavy atom. The predicted octanol–water partition coefficient (Wildman–Crippen LogP) is 5.07. The molecule has 6 rings (SSSR count). The van der Waals surface area contributed by atoms with Crippen LogP contribution in [0.2, 0.25) is 0 Å². The molecule has 4 aromatic carbocycles. The maximum absolute atomic E-state index is 11.8. The quantitative estimate of drug-likeness (QED) is 0.275. The second-order valence-electron chi connectivity index (χ2n) is 9.89. The lowest BCUT2D eigenvalue weighted by molar-refractivity contribution is -0.192. The molecule has 0 saturated carbocycles. The number of methoxy groups -OCH3 is 1. The van der Waals surface area contributed by atoms with Crippen LogP contribution in [0.5, 0.6) is 23.0 Å². The molecule has 4 aromatic rings. The number of nitrogens with zero attached hydrogens (tertiary/aromatic N) is 1. The van der Waals surface area contributed by atoms with Crippen molar-refractivity contribution in [3.05, 3.63) is 107 Å². The summed E-state index contributed by atoms with van der Waals surface area (Å²) in [5.74, 6) is -0.375. The van der Waals surface area contributed by atoms with E-state index < -0.39 is 27.8 Å². The van der Waals surface area contributed by atoms with Crippen LogP contribution in [0.3, 0.4) is 0 Å². The number of alkyl halides is 3. The molecule has 0 aromatic heterocycles. The SMILES string of the molecule is COc1cc(OS(C)(=O)=O)cc(-c2cccc(C3(c4ccc5c(c4)OCO5)N=C(N)c4ccccc43)c2)c1.O=C(O)C(F)(F)F. The zero-order chi connectivity index (χ0) is 32.6. The van der Waals surface area contributed by atoms with Crippen molar-refractivity contribution in [2.75, 3.05) is 20.2 Å². The van der Waals surface area contributed by atoms with Crippen LogP contribution in [0.25, 0.3) is 11.1 Å². The molecule has 0 aliphatic carbocycles. The van der Waals surface area contributed by atoms with E-state index in [1.807, 2.05) is 72.8 Å². The van der Waals surface area contributed by atoms with Crippen molar-refractivity contribution >= 4 is 21.9 Å². The molecule has 0 amide bonds. The van der Waals surface area contributed by atoms with Crippen LogP contribution in [0.15, 0.2) is 89.9 Å². The molecule has 0 spiro atoms. The molecular weight excluding hydrogens is 617 g/mol. The average molecular weight is 643 g/mol. The highest BCUT2D eigenvalue weighted by Crippen LogP contribution is 2.49. The van der Waals surface area contributed by atoms with E-state index in [4.69, 9.17) is 39.0 Å². The third kappa shape index (κ3) is 6.36. The Morgan fingerprint density at radius 1 is 0.911 bits per heavy atom. The number of benzene rings is 4. The Labute approximate surface area is 255 Å². The molecular formula is C31H25F3N2O8S. The predicted molar refractivity (Wildman–Crippen MR) is 157 cm³/mol. The second-order valence-corrected chi connectivity index (χ2v) is 11.5. The van der Waals surface area contributed by atoms with E-state index in [0.29, 0.717) is 28.6 Å². The van der Waals surface area contributed by atoms with Gasteiger partial charge in [0.25, 0.3) is 0 Å². The van der Waals surface area contributed by atoms with Gasteiger partial charge in [0, 0.05) is 11.6 Å². The van der Waals surface area contributed by atoms with E-state index in [9.17, 15) is 21.6 Å². The van der Waals surface area contributed by atoms with Gasteiger partial charge >= 0.3 is 22.3 Å². The number of halogens is 3. The van der Waals surface area contributed by atoms with Crippen LogP contribution < -0.4 is 24.1 Å². The number of aliphatic carboxylic acids is 1. The second kappa shape index (κ2) is 11.7. The molecule has 2 aliphatic rings. The zero-order valence-electron chi connectivity index (χ0n) is 23.7. The van der Waals surface area contributed by atoms with Gasteiger partial charge in [-0.2, -0.15) is 21.6 Å². The molecule has 0 saturated heterocycles. The molecule has 0 radical (unpaired) electrons. The van der Waals surface area contributed by atoms with Crippen molar-refractivity contribution in [2.24, 2.45) is 10.7 Å². The van der Waals surface area contributed by atoms with Crippen molar-refractivity contribution in [2.45, 2.75) is 11.7 Å². The summed E-state index contributed by atoms with van der Waals surface area (Å²) in [7, 11) is -2.21. The minimum absolute atomic E-state index is 0.159. The lowest BCUT2D eigenvalue weighted by Gasteiger charge is -2.30. The van der Waals surface area contributed by atoms with Gasteiger partial charge in [0.1, 0.15) is 22.9 Å². The fraction of sp³-hybridized carbons (Fsp3) is 0.161. The third-order valence-electron chi connectivity index (χ3n) is 6.89. The van der Waals surface area contributed by atoms with Crippen LogP contribution in [-0.2, 0) is 20.5 Å². The minimum atomic E-state index is -5.08. The summed E-state index contributed by atoms with van der Waals surface area (Å²) in [6.07, 6.45) is -4.08. The van der Waals surface area contributed by atoms with Crippen molar-refractivity contribution in [1.82, 2.24) is 0 Å². The summed E-state index contributed by atoms with van der Waals surface area (Å²) < 4.78 is 77.1. The summed E-state index contributed by atoms with van der Waals surface area (Å²) in [5.41, 5.74) is 10.6. The first-order valence-corrected chi connectivity index (χ1v) is 14.9. The normalized spacial score (nSPS) is 16.6. The van der Waals surface area contributed by atoms with Crippen LogP contribution >= 0.6 is 0 Å². The number of aliphatic imine (C=N–C) groups is 1. The summed E-state index contributed by atoms with van der Waals surface area (Å²) in [5, 5.41) is 7.12. The molecule has 14 heteroatoms. The molecule has 45 heavy (non-hydrogen) atoms. The molecule has 1 unspecified atom stereocenters. The number of nitrogens with two attached hydrogens (primary N) is 1. The smallest absolute Gasteiger partial charge is 0.490 e. The van der Waals surface area contributed by atoms with Gasteiger partial charge in [-0.05, 0) is 58.1 Å². The summed E-state index contributed by atoms with van der Waals surface area (Å²) in [4.78, 5) is 14.0. The van der Waals surface area contributed by atoms with Gasteiger partial charge in [-0.25, -0.2) is 9.79 Å². The average Bonchev–Trinajstić information content (AvgIpc) is 3.58. The Hall–Kier alpha value is -5.24. The number of carbonyl (C=O) groups is 1. The number of carboxylic acids is 1. The summed E-state index contributed by atoms with van der Waals surface area (Å²) >= 11 is 0. The van der Waals surface area contributed by atoms with Gasteiger partial charge in [0.15, 0.2) is 11.5 Å². The molecule has 0 bridgehead atoms. The van der Waals surface area contributed by atoms with E-state index in [-0.39, 0.29) is 12.5 Å². The van der Waals surface area contributed by atoms with E-state index in [1.165, 1.54) is 13.2 Å². The molecule has 2 aliphatic heterocycles. The molecule has 1 atom stereocenters. The maximum atomic E-state index is 11.8. The Morgan fingerprint density at radius 3 is 2.27 bits per heavy atom. The number of hydrogen-bond donors (Lipinski definition) is 2. The molecule has 10 nitrogen and oxygen atoms in total. The summed E-state index contributed by atoms with van der Waals surface area (Å²) in [6.45, 7) is 0.164. The van der Waals surface area contributed by atoms with Gasteiger partial charge in [-0.1, -0.05) is 48.5 Å². The highest BCUT2D eigenvalue weighted by atomic mass is 32.2. The van der Waals surface area contributed by atoms with Crippen LogP contribution in [-0.4, -0.2) is 51.7 Å². The first kappa shape index (κ1) is 31.2. The molecule has 2 heterocycles. The Kier molecular flexibility index (Phi) is 8.10. The van der Waals surface area contributed by atoms with Crippen molar-refractivity contribution < 1.29 is 49.9 Å². The maximum Gasteiger partial charge on any atom is 0.490 e. The van der Waals surface area contributed by atoms with E-state index >= 15 is 0 Å². The Balaban J connectivity index is 0.000000515. The fourth-order valence-electron chi connectivity index (χ4n) is 5.05. The van der Waals surface area contributed by atoms with Crippen LogP contribution in [0, 0.1) is 0 Å². The van der Waals surface area contributed by atoms with Crippen molar-refractivity contribution in [3.63, 3.8) is 0 Å². The van der Waals surface area contributed by atoms with Crippen molar-refractivity contribution in [1.29, 1.82) is 0 Å². The first-order valence-electron chi connectivity index (χ1n) is 13.1. The molecule has 3 N–H and O–H groups in total. The van der Waals surface area contributed by atoms with E-state index in [2.05, 4.69) is 0 Å². The highest BCUT2D eigenvalue weighted by molar-refractivity contribution is 7.86. The zero-order valence-corrected chi connectivity index (χ0v) is 24.5. The van der Waals surface area contributed by atoms with Gasteiger partial charge in [-0.3, -0.25) is 0 Å². The fourth-order valence-corrected chi connectivity index (χ4v) is 5.50. The molecule has 0 fully saturated rings. The number of carboxylic acid groups (broad SMARTS) is 1. The number of amidine groups is 1. The van der Waals surface area contributed by atoms with Crippen LogP contribution in [0.4, 0.5) is 13.2 Å².